The van der Waals surface area contributed by atoms with Crippen molar-refractivity contribution in [3.63, 3.8) is 0 Å². The van der Waals surface area contributed by atoms with Gasteiger partial charge in [0, 0.05) is 37.6 Å². The van der Waals surface area contributed by atoms with Crippen molar-refractivity contribution in [3.8, 4) is 11.5 Å². The third-order valence-corrected chi connectivity index (χ3v) is 6.80. The van der Waals surface area contributed by atoms with Crippen LogP contribution in [0.4, 0.5) is 0 Å². The molecule has 0 spiro atoms. The fourth-order valence-electron chi connectivity index (χ4n) is 4.95. The highest BCUT2D eigenvalue weighted by Gasteiger charge is 2.14. The average molecular weight is 517 g/mol. The first-order chi connectivity index (χ1) is 18.6. The summed E-state index contributed by atoms with van der Waals surface area (Å²) in [6.07, 6.45) is 13.1. The van der Waals surface area contributed by atoms with Crippen LogP contribution in [0.15, 0.2) is 49.1 Å². The van der Waals surface area contributed by atoms with Gasteiger partial charge in [0.25, 0.3) is 0 Å². The molecular weight excluding hydrogens is 472 g/mol. The summed E-state index contributed by atoms with van der Waals surface area (Å²) in [4.78, 5) is 15.0. The number of hydrogen-bond donors (Lipinski definition) is 2. The Balaban J connectivity index is 0.000000211. The molecule has 0 radical (unpaired) electrons. The van der Waals surface area contributed by atoms with Crippen molar-refractivity contribution in [2.45, 2.75) is 80.1 Å². The molecule has 2 aromatic heterocycles. The Morgan fingerprint density at radius 3 is 1.61 bits per heavy atom. The van der Waals surface area contributed by atoms with E-state index in [0.717, 1.165) is 61.7 Å². The van der Waals surface area contributed by atoms with Gasteiger partial charge in [-0.2, -0.15) is 0 Å². The van der Waals surface area contributed by atoms with Crippen LogP contribution in [-0.2, 0) is 38.5 Å². The topological polar surface area (TPSA) is 75.8 Å². The quantitative estimate of drug-likeness (QED) is 0.212. The Morgan fingerprint density at radius 1 is 0.605 bits per heavy atom. The molecule has 4 aromatic rings. The minimum atomic E-state index is 0.707. The summed E-state index contributed by atoms with van der Waals surface area (Å²) >= 11 is 0. The van der Waals surface area contributed by atoms with Crippen LogP contribution in [0, 0.1) is 0 Å². The van der Waals surface area contributed by atoms with Crippen molar-refractivity contribution < 1.29 is 9.47 Å². The van der Waals surface area contributed by atoms with Gasteiger partial charge >= 0.3 is 0 Å². The zero-order valence-electron chi connectivity index (χ0n) is 24.0. The van der Waals surface area contributed by atoms with E-state index in [-0.39, 0.29) is 0 Å². The lowest BCUT2D eigenvalue weighted by Crippen LogP contribution is -2.05. The van der Waals surface area contributed by atoms with Crippen molar-refractivity contribution >= 4 is 0 Å². The number of hydrogen-bond acceptors (Lipinski definition) is 4. The van der Waals surface area contributed by atoms with Gasteiger partial charge in [-0.25, -0.2) is 9.97 Å². The molecule has 6 heteroatoms. The molecule has 0 amide bonds. The molecule has 0 atom stereocenters. The van der Waals surface area contributed by atoms with Crippen molar-refractivity contribution in [1.82, 2.24) is 19.9 Å². The highest BCUT2D eigenvalue weighted by molar-refractivity contribution is 5.47. The second-order valence-corrected chi connectivity index (χ2v) is 9.11. The molecule has 38 heavy (non-hydrogen) atoms. The number of imidazole rings is 2. The summed E-state index contributed by atoms with van der Waals surface area (Å²) in [5.74, 6) is 4.04. The average Bonchev–Trinajstić information content (AvgIpc) is 3.65. The molecule has 2 aromatic carbocycles. The largest absolute Gasteiger partial charge is 0.494 e. The second-order valence-electron chi connectivity index (χ2n) is 9.11. The van der Waals surface area contributed by atoms with Gasteiger partial charge in [-0.15, -0.1) is 0 Å². The van der Waals surface area contributed by atoms with Gasteiger partial charge in [0.2, 0.25) is 0 Å². The number of aromatic nitrogens is 4. The third kappa shape index (κ3) is 7.50. The van der Waals surface area contributed by atoms with Crippen LogP contribution in [0.3, 0.4) is 0 Å². The molecule has 4 rings (SSSR count). The van der Waals surface area contributed by atoms with E-state index in [2.05, 4.69) is 71.9 Å². The molecule has 0 aliphatic rings. The summed E-state index contributed by atoms with van der Waals surface area (Å²) in [7, 11) is 0. The molecule has 6 nitrogen and oxygen atoms in total. The zero-order chi connectivity index (χ0) is 27.3. The van der Waals surface area contributed by atoms with Gasteiger partial charge in [0.1, 0.15) is 23.1 Å². The monoisotopic (exact) mass is 516 g/mol. The standard InChI is InChI=1S/2C16H22N2O/c1-4-12-9-14(19-6-3)10-13(5-2)15(12)11-16-17-7-8-18-16;1-4-12-7-8-15(19-6-3)13(5-2)14(12)11-16-17-9-10-18-16/h2*7-10H,4-6,11H2,1-3H3,(H,17,18). The molecule has 0 aliphatic carbocycles. The summed E-state index contributed by atoms with van der Waals surface area (Å²) in [5.41, 5.74) is 8.18. The predicted molar refractivity (Wildman–Crippen MR) is 156 cm³/mol. The fraction of sp³-hybridized carbons (Fsp3) is 0.438. The number of rotatable bonds is 12. The van der Waals surface area contributed by atoms with Crippen molar-refractivity contribution in [2.75, 3.05) is 13.2 Å². The van der Waals surface area contributed by atoms with Crippen LogP contribution in [0.25, 0.3) is 0 Å². The molecule has 0 bridgehead atoms. The summed E-state index contributed by atoms with van der Waals surface area (Å²) < 4.78 is 11.4. The lowest BCUT2D eigenvalue weighted by Gasteiger charge is -2.17. The van der Waals surface area contributed by atoms with Crippen molar-refractivity contribution in [2.24, 2.45) is 0 Å². The third-order valence-electron chi connectivity index (χ3n) is 6.80. The number of benzene rings is 2. The van der Waals surface area contributed by atoms with E-state index in [9.17, 15) is 0 Å². The molecule has 0 unspecified atom stereocenters. The molecule has 2 heterocycles. The summed E-state index contributed by atoms with van der Waals surface area (Å²) in [6, 6.07) is 8.62. The smallest absolute Gasteiger partial charge is 0.122 e. The number of aromatic amines is 2. The van der Waals surface area contributed by atoms with Crippen LogP contribution < -0.4 is 9.47 Å². The van der Waals surface area contributed by atoms with Gasteiger partial charge < -0.3 is 19.4 Å². The summed E-state index contributed by atoms with van der Waals surface area (Å²) in [6.45, 7) is 14.2. The first-order valence-corrected chi connectivity index (χ1v) is 14.1. The van der Waals surface area contributed by atoms with E-state index < -0.39 is 0 Å². The number of nitrogens with zero attached hydrogens (tertiary/aromatic N) is 2. The molecule has 0 saturated heterocycles. The first-order valence-electron chi connectivity index (χ1n) is 14.1. The Kier molecular flexibility index (Phi) is 11.5. The van der Waals surface area contributed by atoms with Crippen LogP contribution in [0.1, 0.15) is 86.6 Å². The number of ether oxygens (including phenoxy) is 2. The van der Waals surface area contributed by atoms with Crippen LogP contribution >= 0.6 is 0 Å². The second kappa shape index (κ2) is 15.0. The summed E-state index contributed by atoms with van der Waals surface area (Å²) in [5, 5.41) is 0. The lowest BCUT2D eigenvalue weighted by atomic mass is 9.94. The van der Waals surface area contributed by atoms with Crippen molar-refractivity contribution in [3.05, 3.63) is 94.1 Å². The normalized spacial score (nSPS) is 10.7. The van der Waals surface area contributed by atoms with E-state index in [0.29, 0.717) is 13.2 Å². The van der Waals surface area contributed by atoms with Crippen LogP contribution in [0.2, 0.25) is 0 Å². The Morgan fingerprint density at radius 2 is 1.16 bits per heavy atom. The lowest BCUT2D eigenvalue weighted by molar-refractivity contribution is 0.336. The number of H-pyrrole nitrogens is 2. The highest BCUT2D eigenvalue weighted by Crippen LogP contribution is 2.29. The molecule has 0 saturated carbocycles. The molecular formula is C32H44N4O2. The fourth-order valence-corrected chi connectivity index (χ4v) is 4.95. The van der Waals surface area contributed by atoms with Gasteiger partial charge in [-0.3, -0.25) is 0 Å². The predicted octanol–water partition coefficient (Wildman–Crippen LogP) is 7.05. The van der Waals surface area contributed by atoms with E-state index in [1.165, 1.54) is 33.4 Å². The molecule has 2 N–H and O–H groups in total. The highest BCUT2D eigenvalue weighted by atomic mass is 16.5. The first kappa shape index (κ1) is 29.0. The Bertz CT molecular complexity index is 1210. The maximum Gasteiger partial charge on any atom is 0.122 e. The Hall–Kier alpha value is -3.54. The van der Waals surface area contributed by atoms with Gasteiger partial charge in [0.15, 0.2) is 0 Å². The minimum absolute atomic E-state index is 0.707. The van der Waals surface area contributed by atoms with E-state index in [4.69, 9.17) is 9.47 Å². The van der Waals surface area contributed by atoms with E-state index >= 15 is 0 Å². The van der Waals surface area contributed by atoms with Gasteiger partial charge in [-0.05, 0) is 91.1 Å². The van der Waals surface area contributed by atoms with Gasteiger partial charge in [0.05, 0.1) is 13.2 Å². The number of aryl methyl sites for hydroxylation is 3. The van der Waals surface area contributed by atoms with Crippen molar-refractivity contribution in [1.29, 1.82) is 0 Å². The SMILES string of the molecule is CCOc1cc(CC)c(Cc2ncc[nH]2)c(CC)c1.CCOc1ccc(CC)c(Cc2ncc[nH]2)c1CC. The molecule has 204 valence electrons. The van der Waals surface area contributed by atoms with Crippen LogP contribution in [0.5, 0.6) is 11.5 Å². The maximum absolute atomic E-state index is 5.76. The molecule has 0 fully saturated rings. The maximum atomic E-state index is 5.76. The van der Waals surface area contributed by atoms with Gasteiger partial charge in [-0.1, -0.05) is 33.8 Å². The van der Waals surface area contributed by atoms with Crippen LogP contribution in [-0.4, -0.2) is 33.1 Å². The van der Waals surface area contributed by atoms with E-state index in [1.54, 1.807) is 12.4 Å². The zero-order valence-corrected chi connectivity index (χ0v) is 24.0. The molecule has 0 aliphatic heterocycles. The minimum Gasteiger partial charge on any atom is -0.494 e. The number of nitrogens with one attached hydrogen (secondary N) is 2. The van der Waals surface area contributed by atoms with E-state index in [1.807, 2.05) is 26.2 Å². The Labute approximate surface area is 228 Å².